The van der Waals surface area contributed by atoms with Gasteiger partial charge in [-0.15, -0.1) is 0 Å². The molecule has 4 aromatic rings. The normalized spacial score (nSPS) is 11.2. The molecule has 0 heterocycles. The highest BCUT2D eigenvalue weighted by atomic mass is 16.3. The maximum atomic E-state index is 10.4. The Morgan fingerprint density at radius 3 is 1.92 bits per heavy atom. The number of rotatable bonds is 2. The number of fused-ring (bicyclic) bond motifs is 2. The Balaban J connectivity index is 1.96. The number of phenols is 3. The Labute approximate surface area is 139 Å². The number of aromatic hydroxyl groups is 3. The molecule has 0 spiro atoms. The van der Waals surface area contributed by atoms with E-state index in [1.807, 2.05) is 42.5 Å². The molecule has 0 aliphatic heterocycles. The molecule has 0 bridgehead atoms. The molecule has 3 nitrogen and oxygen atoms in total. The molecule has 0 saturated carbocycles. The van der Waals surface area contributed by atoms with Gasteiger partial charge in [-0.05, 0) is 45.8 Å². The lowest BCUT2D eigenvalue weighted by molar-refractivity contribution is 0.464. The predicted molar refractivity (Wildman–Crippen MR) is 95.7 cm³/mol. The second-order valence-electron chi connectivity index (χ2n) is 5.93. The topological polar surface area (TPSA) is 60.7 Å². The molecule has 0 fully saturated rings. The average Bonchev–Trinajstić information content (AvgIpc) is 2.59. The van der Waals surface area contributed by atoms with E-state index in [0.29, 0.717) is 12.0 Å². The van der Waals surface area contributed by atoms with Gasteiger partial charge in [0.2, 0.25) is 0 Å². The van der Waals surface area contributed by atoms with Gasteiger partial charge in [0.15, 0.2) is 0 Å². The molecule has 0 atom stereocenters. The lowest BCUT2D eigenvalue weighted by atomic mass is 9.93. The second kappa shape index (κ2) is 5.46. The van der Waals surface area contributed by atoms with Gasteiger partial charge in [-0.1, -0.05) is 42.5 Å². The number of phenolic OH excluding ortho intramolecular Hbond substituents is 3. The summed E-state index contributed by atoms with van der Waals surface area (Å²) in [5, 5.41) is 34.2. The fraction of sp³-hybridized carbons (Fsp3) is 0.0476. The van der Waals surface area contributed by atoms with Crippen LogP contribution < -0.4 is 0 Å². The van der Waals surface area contributed by atoms with Crippen molar-refractivity contribution in [2.24, 2.45) is 0 Å². The summed E-state index contributed by atoms with van der Waals surface area (Å²) in [6.45, 7) is 0. The first-order chi connectivity index (χ1) is 11.6. The van der Waals surface area contributed by atoms with Crippen LogP contribution in [0.5, 0.6) is 17.2 Å². The van der Waals surface area contributed by atoms with Crippen LogP contribution in [0.1, 0.15) is 11.1 Å². The van der Waals surface area contributed by atoms with Gasteiger partial charge >= 0.3 is 0 Å². The molecular formula is C21H16O3. The van der Waals surface area contributed by atoms with Crippen molar-refractivity contribution < 1.29 is 15.3 Å². The van der Waals surface area contributed by atoms with Gasteiger partial charge in [0, 0.05) is 17.5 Å². The number of hydrogen-bond donors (Lipinski definition) is 3. The van der Waals surface area contributed by atoms with Crippen LogP contribution in [0.15, 0.2) is 66.7 Å². The van der Waals surface area contributed by atoms with Crippen molar-refractivity contribution in [3.05, 3.63) is 77.9 Å². The molecule has 0 radical (unpaired) electrons. The first-order valence-electron chi connectivity index (χ1n) is 7.76. The monoisotopic (exact) mass is 316 g/mol. The van der Waals surface area contributed by atoms with Crippen LogP contribution in [0, 0.1) is 0 Å². The average molecular weight is 316 g/mol. The predicted octanol–water partition coefficient (Wildman–Crippen LogP) is 4.70. The second-order valence-corrected chi connectivity index (χ2v) is 5.93. The summed E-state index contributed by atoms with van der Waals surface area (Å²) in [6.07, 6.45) is 0.375. The summed E-state index contributed by atoms with van der Waals surface area (Å²) in [6, 6.07) is 19.9. The van der Waals surface area contributed by atoms with Gasteiger partial charge in [0.1, 0.15) is 17.2 Å². The van der Waals surface area contributed by atoms with Gasteiger partial charge in [0.25, 0.3) is 0 Å². The molecule has 0 aliphatic rings. The maximum Gasteiger partial charge on any atom is 0.119 e. The highest BCUT2D eigenvalue weighted by Gasteiger charge is 2.13. The standard InChI is InChI=1S/C21H16O3/c22-15-8-5-14-7-10-21(24)19(17(14)11-15)12-18-16-4-2-1-3-13(16)6-9-20(18)23/h1-11,22-24H,12H2. The summed E-state index contributed by atoms with van der Waals surface area (Å²) in [7, 11) is 0. The van der Waals surface area contributed by atoms with Crippen molar-refractivity contribution in [2.75, 3.05) is 0 Å². The van der Waals surface area contributed by atoms with E-state index in [9.17, 15) is 15.3 Å². The molecule has 4 rings (SSSR count). The van der Waals surface area contributed by atoms with E-state index >= 15 is 0 Å². The molecule has 0 aliphatic carbocycles. The molecule has 4 aromatic carbocycles. The largest absolute Gasteiger partial charge is 0.508 e. The molecule has 0 amide bonds. The molecule has 0 saturated heterocycles. The quantitative estimate of drug-likeness (QED) is 0.502. The van der Waals surface area contributed by atoms with Crippen molar-refractivity contribution in [2.45, 2.75) is 6.42 Å². The smallest absolute Gasteiger partial charge is 0.119 e. The zero-order valence-corrected chi connectivity index (χ0v) is 12.9. The Kier molecular flexibility index (Phi) is 3.28. The maximum absolute atomic E-state index is 10.4. The van der Waals surface area contributed by atoms with Crippen LogP contribution in [0.4, 0.5) is 0 Å². The Morgan fingerprint density at radius 1 is 0.583 bits per heavy atom. The Morgan fingerprint density at radius 2 is 1.17 bits per heavy atom. The first-order valence-corrected chi connectivity index (χ1v) is 7.76. The van der Waals surface area contributed by atoms with Gasteiger partial charge in [-0.3, -0.25) is 0 Å². The van der Waals surface area contributed by atoms with E-state index < -0.39 is 0 Å². The van der Waals surface area contributed by atoms with Crippen molar-refractivity contribution in [3.63, 3.8) is 0 Å². The SMILES string of the molecule is Oc1ccc2ccc(O)c(Cc3c(O)ccc4ccccc34)c2c1. The summed E-state index contributed by atoms with van der Waals surface area (Å²) >= 11 is 0. The molecular weight excluding hydrogens is 300 g/mol. The summed E-state index contributed by atoms with van der Waals surface area (Å²) in [5.41, 5.74) is 1.45. The first kappa shape index (κ1) is 14.4. The number of hydrogen-bond acceptors (Lipinski definition) is 3. The lowest BCUT2D eigenvalue weighted by Gasteiger charge is -2.13. The van der Waals surface area contributed by atoms with Gasteiger partial charge < -0.3 is 15.3 Å². The fourth-order valence-electron chi connectivity index (χ4n) is 3.23. The van der Waals surface area contributed by atoms with E-state index in [2.05, 4.69) is 0 Å². The minimum atomic E-state index is 0.150. The molecule has 3 heteroatoms. The van der Waals surface area contributed by atoms with Gasteiger partial charge in [0.05, 0.1) is 0 Å². The molecule has 118 valence electrons. The van der Waals surface area contributed by atoms with Crippen LogP contribution >= 0.6 is 0 Å². The van der Waals surface area contributed by atoms with Crippen molar-refractivity contribution in [1.29, 1.82) is 0 Å². The number of benzene rings is 4. The van der Waals surface area contributed by atoms with E-state index in [-0.39, 0.29) is 17.2 Å². The van der Waals surface area contributed by atoms with Crippen LogP contribution in [-0.4, -0.2) is 15.3 Å². The highest BCUT2D eigenvalue weighted by Crippen LogP contribution is 2.35. The summed E-state index contributed by atoms with van der Waals surface area (Å²) in [5.74, 6) is 0.502. The minimum Gasteiger partial charge on any atom is -0.508 e. The zero-order chi connectivity index (χ0) is 16.7. The third-order valence-electron chi connectivity index (χ3n) is 4.46. The van der Waals surface area contributed by atoms with E-state index in [1.165, 1.54) is 0 Å². The third kappa shape index (κ3) is 2.31. The van der Waals surface area contributed by atoms with Crippen LogP contribution in [0.2, 0.25) is 0 Å². The van der Waals surface area contributed by atoms with Crippen LogP contribution in [0.25, 0.3) is 21.5 Å². The third-order valence-corrected chi connectivity index (χ3v) is 4.46. The van der Waals surface area contributed by atoms with E-state index in [4.69, 9.17) is 0 Å². The van der Waals surface area contributed by atoms with E-state index in [0.717, 1.165) is 27.1 Å². The molecule has 0 aromatic heterocycles. The van der Waals surface area contributed by atoms with E-state index in [1.54, 1.807) is 24.3 Å². The Bertz CT molecular complexity index is 1060. The Hall–Kier alpha value is -3.20. The highest BCUT2D eigenvalue weighted by molar-refractivity contribution is 5.92. The van der Waals surface area contributed by atoms with Gasteiger partial charge in [-0.2, -0.15) is 0 Å². The van der Waals surface area contributed by atoms with Crippen molar-refractivity contribution >= 4 is 21.5 Å². The van der Waals surface area contributed by atoms with Crippen molar-refractivity contribution in [1.82, 2.24) is 0 Å². The lowest BCUT2D eigenvalue weighted by Crippen LogP contribution is -1.93. The van der Waals surface area contributed by atoms with Crippen LogP contribution in [0.3, 0.4) is 0 Å². The summed E-state index contributed by atoms with van der Waals surface area (Å²) in [4.78, 5) is 0. The van der Waals surface area contributed by atoms with Gasteiger partial charge in [-0.25, -0.2) is 0 Å². The molecule has 0 unspecified atom stereocenters. The summed E-state index contributed by atoms with van der Waals surface area (Å²) < 4.78 is 0. The van der Waals surface area contributed by atoms with Crippen molar-refractivity contribution in [3.8, 4) is 17.2 Å². The molecule has 24 heavy (non-hydrogen) atoms. The molecule has 3 N–H and O–H groups in total. The zero-order valence-electron chi connectivity index (χ0n) is 12.9. The fourth-order valence-corrected chi connectivity index (χ4v) is 3.23. The minimum absolute atomic E-state index is 0.150. The van der Waals surface area contributed by atoms with Crippen LogP contribution in [-0.2, 0) is 6.42 Å².